The van der Waals surface area contributed by atoms with Gasteiger partial charge in [0.15, 0.2) is 5.78 Å². The third-order valence-electron chi connectivity index (χ3n) is 2.61. The lowest BCUT2D eigenvalue weighted by Crippen LogP contribution is -2.05. The highest BCUT2D eigenvalue weighted by Crippen LogP contribution is 2.13. The lowest BCUT2D eigenvalue weighted by Gasteiger charge is -2.03. The van der Waals surface area contributed by atoms with Crippen molar-refractivity contribution in [2.45, 2.75) is 13.3 Å². The van der Waals surface area contributed by atoms with Crippen LogP contribution in [0.4, 0.5) is 4.39 Å². The average Bonchev–Trinajstić information content (AvgIpc) is 2.35. The van der Waals surface area contributed by atoms with Crippen molar-refractivity contribution in [3.63, 3.8) is 0 Å². The fourth-order valence-electron chi connectivity index (χ4n) is 1.60. The summed E-state index contributed by atoms with van der Waals surface area (Å²) in [6.45, 7) is 1.64. The largest absolute Gasteiger partial charge is 0.294 e. The molecule has 0 unspecified atom stereocenters. The number of carbonyl (C=O) groups is 1. The highest BCUT2D eigenvalue weighted by atomic mass is 79.9. The first-order valence-corrected chi connectivity index (χ1v) is 6.25. The molecule has 0 saturated heterocycles. The summed E-state index contributed by atoms with van der Waals surface area (Å²) >= 11 is 3.28. The molecule has 0 amide bonds. The number of ketones is 1. The molecular weight excluding hydrogens is 297 g/mol. The van der Waals surface area contributed by atoms with Crippen LogP contribution in [0.1, 0.15) is 21.6 Å². The average molecular weight is 308 g/mol. The van der Waals surface area contributed by atoms with Crippen LogP contribution in [0, 0.1) is 12.7 Å². The van der Waals surface area contributed by atoms with Crippen LogP contribution in [0.5, 0.6) is 0 Å². The molecule has 92 valence electrons. The molecule has 18 heavy (non-hydrogen) atoms. The minimum absolute atomic E-state index is 0.0621. The zero-order valence-corrected chi connectivity index (χ0v) is 11.4. The standard InChI is InChI=1S/C14H11BrFNO/c1-9-6-10(2-5-13(9)16)14(18)7-12-4-3-11(15)8-17-12/h2-6,8H,7H2,1H3. The molecule has 1 heterocycles. The van der Waals surface area contributed by atoms with E-state index in [1.54, 1.807) is 25.3 Å². The number of hydrogen-bond acceptors (Lipinski definition) is 2. The molecule has 0 radical (unpaired) electrons. The zero-order chi connectivity index (χ0) is 13.1. The van der Waals surface area contributed by atoms with Gasteiger partial charge < -0.3 is 0 Å². The van der Waals surface area contributed by atoms with E-state index in [9.17, 15) is 9.18 Å². The number of benzene rings is 1. The third kappa shape index (κ3) is 3.01. The van der Waals surface area contributed by atoms with Gasteiger partial charge in [0.2, 0.25) is 0 Å². The summed E-state index contributed by atoms with van der Waals surface area (Å²) < 4.78 is 14.0. The summed E-state index contributed by atoms with van der Waals surface area (Å²) in [6, 6.07) is 8.02. The molecule has 1 aromatic heterocycles. The summed E-state index contributed by atoms with van der Waals surface area (Å²) in [7, 11) is 0. The maximum Gasteiger partial charge on any atom is 0.168 e. The molecular formula is C14H11BrFNO. The van der Waals surface area contributed by atoms with Gasteiger partial charge in [-0.05, 0) is 58.7 Å². The van der Waals surface area contributed by atoms with Gasteiger partial charge in [0.1, 0.15) is 5.82 Å². The summed E-state index contributed by atoms with van der Waals surface area (Å²) in [5.74, 6) is -0.360. The van der Waals surface area contributed by atoms with Crippen LogP contribution >= 0.6 is 15.9 Å². The fraction of sp³-hybridized carbons (Fsp3) is 0.143. The number of carbonyl (C=O) groups excluding carboxylic acids is 1. The van der Waals surface area contributed by atoms with Gasteiger partial charge in [0, 0.05) is 21.9 Å². The first-order chi connectivity index (χ1) is 8.56. The van der Waals surface area contributed by atoms with Crippen molar-refractivity contribution < 1.29 is 9.18 Å². The van der Waals surface area contributed by atoms with Crippen molar-refractivity contribution in [1.29, 1.82) is 0 Å². The van der Waals surface area contributed by atoms with Gasteiger partial charge in [-0.3, -0.25) is 9.78 Å². The quantitative estimate of drug-likeness (QED) is 0.809. The minimum Gasteiger partial charge on any atom is -0.294 e. The van der Waals surface area contributed by atoms with Gasteiger partial charge >= 0.3 is 0 Å². The SMILES string of the molecule is Cc1cc(C(=O)Cc2ccc(Br)cn2)ccc1F. The van der Waals surface area contributed by atoms with Crippen LogP contribution in [-0.2, 0) is 6.42 Å². The predicted octanol–water partition coefficient (Wildman–Crippen LogP) is 3.72. The third-order valence-corrected chi connectivity index (χ3v) is 3.08. The second kappa shape index (κ2) is 5.40. The molecule has 0 saturated carbocycles. The normalized spacial score (nSPS) is 10.4. The Balaban J connectivity index is 2.16. The van der Waals surface area contributed by atoms with E-state index >= 15 is 0 Å². The number of aromatic nitrogens is 1. The van der Waals surface area contributed by atoms with Gasteiger partial charge in [-0.2, -0.15) is 0 Å². The van der Waals surface area contributed by atoms with Crippen LogP contribution in [0.15, 0.2) is 41.0 Å². The number of hydrogen-bond donors (Lipinski definition) is 0. The summed E-state index contributed by atoms with van der Waals surface area (Å²) in [5.41, 5.74) is 1.69. The molecule has 0 fully saturated rings. The molecule has 0 aliphatic rings. The number of halogens is 2. The summed E-state index contributed by atoms with van der Waals surface area (Å²) in [6.07, 6.45) is 1.87. The van der Waals surface area contributed by atoms with Gasteiger partial charge in [0.25, 0.3) is 0 Å². The van der Waals surface area contributed by atoms with Crippen LogP contribution < -0.4 is 0 Å². The van der Waals surface area contributed by atoms with Crippen molar-refractivity contribution >= 4 is 21.7 Å². The Morgan fingerprint density at radius 1 is 1.33 bits per heavy atom. The second-order valence-electron chi connectivity index (χ2n) is 4.03. The molecule has 2 nitrogen and oxygen atoms in total. The van der Waals surface area contributed by atoms with E-state index in [0.29, 0.717) is 16.8 Å². The van der Waals surface area contributed by atoms with E-state index in [-0.39, 0.29) is 18.0 Å². The fourth-order valence-corrected chi connectivity index (χ4v) is 1.83. The first-order valence-electron chi connectivity index (χ1n) is 5.46. The molecule has 0 bridgehead atoms. The summed E-state index contributed by atoms with van der Waals surface area (Å²) in [5, 5.41) is 0. The maximum atomic E-state index is 13.1. The van der Waals surface area contributed by atoms with Crippen LogP contribution in [-0.4, -0.2) is 10.8 Å². The number of pyridine rings is 1. The van der Waals surface area contributed by atoms with Crippen molar-refractivity contribution in [1.82, 2.24) is 4.98 Å². The van der Waals surface area contributed by atoms with Crippen molar-refractivity contribution in [2.24, 2.45) is 0 Å². The van der Waals surface area contributed by atoms with Crippen molar-refractivity contribution in [2.75, 3.05) is 0 Å². The van der Waals surface area contributed by atoms with E-state index in [2.05, 4.69) is 20.9 Å². The summed E-state index contributed by atoms with van der Waals surface area (Å²) in [4.78, 5) is 16.1. The van der Waals surface area contributed by atoms with E-state index in [4.69, 9.17) is 0 Å². The first kappa shape index (κ1) is 12.9. The minimum atomic E-state index is -0.298. The molecule has 0 atom stereocenters. The molecule has 2 aromatic rings. The van der Waals surface area contributed by atoms with E-state index in [0.717, 1.165) is 4.47 Å². The van der Waals surface area contributed by atoms with Gasteiger partial charge in [-0.1, -0.05) is 0 Å². The molecule has 4 heteroatoms. The van der Waals surface area contributed by atoms with Crippen molar-refractivity contribution in [3.05, 3.63) is 63.6 Å². The van der Waals surface area contributed by atoms with E-state index in [1.165, 1.54) is 12.1 Å². The monoisotopic (exact) mass is 307 g/mol. The van der Waals surface area contributed by atoms with Crippen LogP contribution in [0.3, 0.4) is 0 Å². The Morgan fingerprint density at radius 2 is 2.11 bits per heavy atom. The smallest absolute Gasteiger partial charge is 0.168 e. The Morgan fingerprint density at radius 3 is 2.72 bits per heavy atom. The molecule has 0 aliphatic carbocycles. The highest BCUT2D eigenvalue weighted by Gasteiger charge is 2.09. The van der Waals surface area contributed by atoms with Gasteiger partial charge in [0.05, 0.1) is 6.42 Å². The lowest BCUT2D eigenvalue weighted by atomic mass is 10.0. The number of nitrogens with zero attached hydrogens (tertiary/aromatic N) is 1. The Bertz CT molecular complexity index is 581. The van der Waals surface area contributed by atoms with Crippen LogP contribution in [0.25, 0.3) is 0 Å². The van der Waals surface area contributed by atoms with Crippen LogP contribution in [0.2, 0.25) is 0 Å². The molecule has 0 aliphatic heterocycles. The Kier molecular flexibility index (Phi) is 3.87. The molecule has 2 rings (SSSR count). The number of aryl methyl sites for hydroxylation is 1. The zero-order valence-electron chi connectivity index (χ0n) is 9.78. The van der Waals surface area contributed by atoms with Gasteiger partial charge in [-0.25, -0.2) is 4.39 Å². The number of rotatable bonds is 3. The lowest BCUT2D eigenvalue weighted by molar-refractivity contribution is 0.0992. The van der Waals surface area contributed by atoms with Crippen molar-refractivity contribution in [3.8, 4) is 0 Å². The second-order valence-corrected chi connectivity index (χ2v) is 4.95. The Hall–Kier alpha value is -1.55. The van der Waals surface area contributed by atoms with Gasteiger partial charge in [-0.15, -0.1) is 0 Å². The highest BCUT2D eigenvalue weighted by molar-refractivity contribution is 9.10. The molecule has 0 N–H and O–H groups in total. The Labute approximate surface area is 113 Å². The molecule has 0 spiro atoms. The number of Topliss-reactive ketones (excluding diaryl/α,β-unsaturated/α-hetero) is 1. The molecule has 1 aromatic carbocycles. The maximum absolute atomic E-state index is 13.1. The topological polar surface area (TPSA) is 30.0 Å². The van der Waals surface area contributed by atoms with E-state index < -0.39 is 0 Å². The van der Waals surface area contributed by atoms with E-state index in [1.807, 2.05) is 6.07 Å². The predicted molar refractivity (Wildman–Crippen MR) is 71.1 cm³/mol.